The second kappa shape index (κ2) is 8.02. The van der Waals surface area contributed by atoms with Crippen molar-refractivity contribution in [1.29, 1.82) is 5.26 Å². The Balaban J connectivity index is 3.89. The number of rotatable bonds is 7. The third-order valence-electron chi connectivity index (χ3n) is 3.21. The molecule has 0 heterocycles. The summed E-state index contributed by atoms with van der Waals surface area (Å²) in [4.78, 5) is 20.9. The van der Waals surface area contributed by atoms with E-state index < -0.39 is 43.5 Å². The Morgan fingerprint density at radius 2 is 1.92 bits per heavy atom. The number of nitriles is 1. The zero-order chi connectivity index (χ0) is 19.4. The molecule has 25 heavy (non-hydrogen) atoms. The highest BCUT2D eigenvalue weighted by Gasteiger charge is 2.43. The minimum atomic E-state index is -5.02. The normalized spacial score (nSPS) is 11.0. The summed E-state index contributed by atoms with van der Waals surface area (Å²) in [5.41, 5.74) is -3.92. The lowest BCUT2D eigenvalue weighted by Crippen LogP contribution is -2.21. The maximum Gasteiger partial charge on any atom is 0.417 e. The van der Waals surface area contributed by atoms with Gasteiger partial charge in [-0.15, -0.1) is 11.8 Å². The average molecular weight is 378 g/mol. The van der Waals surface area contributed by atoms with Crippen LogP contribution in [0.15, 0.2) is 11.0 Å². The predicted molar refractivity (Wildman–Crippen MR) is 84.7 cm³/mol. The number of hydrogen-bond donors (Lipinski definition) is 0. The topological polar surface area (TPSA) is 113 Å². The lowest BCUT2D eigenvalue weighted by Gasteiger charge is -2.20. The van der Waals surface area contributed by atoms with Gasteiger partial charge in [0.15, 0.2) is 5.69 Å². The van der Waals surface area contributed by atoms with Crippen LogP contribution in [0.3, 0.4) is 0 Å². The number of halogens is 3. The lowest BCUT2D eigenvalue weighted by molar-refractivity contribution is -0.394. The van der Waals surface area contributed by atoms with Crippen LogP contribution in [-0.2, 0) is 6.18 Å². The molecule has 0 bridgehead atoms. The maximum absolute atomic E-state index is 13.3. The summed E-state index contributed by atoms with van der Waals surface area (Å²) in [6, 6.07) is 2.04. The van der Waals surface area contributed by atoms with Gasteiger partial charge in [-0.25, -0.2) is 0 Å². The Labute approximate surface area is 144 Å². The number of alkyl halides is 3. The molecule has 0 fully saturated rings. The molecule has 0 atom stereocenters. The van der Waals surface area contributed by atoms with E-state index in [1.54, 1.807) is 13.0 Å². The molecule has 0 spiro atoms. The van der Waals surface area contributed by atoms with Gasteiger partial charge in [0.2, 0.25) is 0 Å². The summed E-state index contributed by atoms with van der Waals surface area (Å²) in [6.45, 7) is 1.66. The molecule has 0 aliphatic rings. The van der Waals surface area contributed by atoms with Gasteiger partial charge in [-0.1, -0.05) is 0 Å². The van der Waals surface area contributed by atoms with Crippen molar-refractivity contribution in [2.24, 2.45) is 0 Å². The largest absolute Gasteiger partial charge is 0.417 e. The monoisotopic (exact) mass is 378 g/mol. The Morgan fingerprint density at radius 3 is 2.32 bits per heavy atom. The van der Waals surface area contributed by atoms with E-state index in [0.717, 1.165) is 4.90 Å². The van der Waals surface area contributed by atoms with E-state index in [1.165, 1.54) is 7.05 Å². The van der Waals surface area contributed by atoms with Crippen LogP contribution < -0.4 is 4.90 Å². The maximum atomic E-state index is 13.3. The van der Waals surface area contributed by atoms with Crippen molar-refractivity contribution in [3.8, 4) is 6.07 Å². The summed E-state index contributed by atoms with van der Waals surface area (Å²) < 4.78 is 40.0. The van der Waals surface area contributed by atoms with E-state index in [1.807, 2.05) is 0 Å². The molecule has 0 radical (unpaired) electrons. The third kappa shape index (κ3) is 4.50. The van der Waals surface area contributed by atoms with E-state index in [9.17, 15) is 33.4 Å². The second-order valence-electron chi connectivity index (χ2n) is 4.75. The number of thioether (sulfide) groups is 1. The first-order valence-electron chi connectivity index (χ1n) is 6.84. The van der Waals surface area contributed by atoms with Crippen LogP contribution >= 0.6 is 11.8 Å². The van der Waals surface area contributed by atoms with Gasteiger partial charge in [0, 0.05) is 31.8 Å². The number of benzene rings is 1. The molecule has 0 saturated heterocycles. The summed E-state index contributed by atoms with van der Waals surface area (Å²) in [7, 11) is 1.31. The standard InChI is InChI=1S/C13H13F3N4O4S/c1-3-18(2)10-9(19(21)22)7-8(13(14,15)16)12(11(10)20(23)24)25-6-4-5-17/h7H,3-4,6H2,1-2H3. The van der Waals surface area contributed by atoms with Crippen molar-refractivity contribution in [2.75, 3.05) is 24.2 Å². The first-order valence-corrected chi connectivity index (χ1v) is 7.82. The van der Waals surface area contributed by atoms with Crippen LogP contribution in [0.4, 0.5) is 30.2 Å². The SMILES string of the molecule is CCN(C)c1c([N+](=O)[O-])cc(C(F)(F)F)c(SCCC#N)c1[N+](=O)[O-]. The van der Waals surface area contributed by atoms with E-state index in [4.69, 9.17) is 5.26 Å². The van der Waals surface area contributed by atoms with Gasteiger partial charge in [0.25, 0.3) is 5.69 Å². The van der Waals surface area contributed by atoms with Crippen LogP contribution in [0.1, 0.15) is 18.9 Å². The second-order valence-corrected chi connectivity index (χ2v) is 5.86. The van der Waals surface area contributed by atoms with Gasteiger partial charge in [0.05, 0.1) is 21.5 Å². The molecular formula is C13H13F3N4O4S. The highest BCUT2D eigenvalue weighted by Crippen LogP contribution is 2.50. The number of hydrogen-bond acceptors (Lipinski definition) is 7. The fourth-order valence-electron chi connectivity index (χ4n) is 2.03. The number of anilines is 1. The van der Waals surface area contributed by atoms with E-state index in [-0.39, 0.29) is 18.7 Å². The molecule has 1 aromatic carbocycles. The van der Waals surface area contributed by atoms with E-state index in [0.29, 0.717) is 17.8 Å². The quantitative estimate of drug-likeness (QED) is 0.305. The van der Waals surface area contributed by atoms with Gasteiger partial charge < -0.3 is 4.90 Å². The molecule has 136 valence electrons. The molecule has 8 nitrogen and oxygen atoms in total. The van der Waals surface area contributed by atoms with Crippen LogP contribution in [0, 0.1) is 31.6 Å². The fourth-order valence-corrected chi connectivity index (χ4v) is 3.06. The molecule has 0 aliphatic carbocycles. The Kier molecular flexibility index (Phi) is 6.57. The third-order valence-corrected chi connectivity index (χ3v) is 4.32. The lowest BCUT2D eigenvalue weighted by atomic mass is 10.1. The minimum Gasteiger partial charge on any atom is -0.364 e. The summed E-state index contributed by atoms with van der Waals surface area (Å²) in [6.07, 6.45) is -5.15. The smallest absolute Gasteiger partial charge is 0.364 e. The molecule has 1 aromatic rings. The molecule has 0 saturated carbocycles. The van der Waals surface area contributed by atoms with Crippen LogP contribution in [0.5, 0.6) is 0 Å². The van der Waals surface area contributed by atoms with Gasteiger partial charge in [-0.2, -0.15) is 18.4 Å². The Morgan fingerprint density at radius 1 is 1.32 bits per heavy atom. The number of nitro benzene ring substituents is 2. The molecule has 0 amide bonds. The number of nitro groups is 2. The highest BCUT2D eigenvalue weighted by atomic mass is 32.2. The van der Waals surface area contributed by atoms with Crippen LogP contribution in [0.25, 0.3) is 0 Å². The summed E-state index contributed by atoms with van der Waals surface area (Å²) in [5, 5.41) is 31.2. The average Bonchev–Trinajstić information content (AvgIpc) is 2.51. The van der Waals surface area contributed by atoms with Gasteiger partial charge in [-0.05, 0) is 6.92 Å². The zero-order valence-electron chi connectivity index (χ0n) is 13.2. The van der Waals surface area contributed by atoms with Crippen molar-refractivity contribution in [3.05, 3.63) is 31.9 Å². The van der Waals surface area contributed by atoms with Gasteiger partial charge in [0.1, 0.15) is 4.90 Å². The zero-order valence-corrected chi connectivity index (χ0v) is 14.0. The molecule has 0 N–H and O–H groups in total. The van der Waals surface area contributed by atoms with E-state index in [2.05, 4.69) is 0 Å². The van der Waals surface area contributed by atoms with Gasteiger partial charge >= 0.3 is 11.9 Å². The summed E-state index contributed by atoms with van der Waals surface area (Å²) >= 11 is 0.482. The van der Waals surface area contributed by atoms with Crippen molar-refractivity contribution in [2.45, 2.75) is 24.4 Å². The predicted octanol–water partition coefficient (Wildman–Crippen LogP) is 3.98. The number of nitrogens with zero attached hydrogens (tertiary/aromatic N) is 4. The molecule has 1 rings (SSSR count). The van der Waals surface area contributed by atoms with Crippen LogP contribution in [-0.4, -0.2) is 29.2 Å². The van der Waals surface area contributed by atoms with Crippen molar-refractivity contribution in [3.63, 3.8) is 0 Å². The molecular weight excluding hydrogens is 365 g/mol. The fraction of sp³-hybridized carbons (Fsp3) is 0.462. The summed E-state index contributed by atoms with van der Waals surface area (Å²) in [5.74, 6) is -0.118. The molecule has 0 aromatic heterocycles. The molecule has 12 heteroatoms. The van der Waals surface area contributed by atoms with Crippen LogP contribution in [0.2, 0.25) is 0 Å². The van der Waals surface area contributed by atoms with Crippen molar-refractivity contribution in [1.82, 2.24) is 0 Å². The first kappa shape index (κ1) is 20.5. The first-order chi connectivity index (χ1) is 11.6. The Bertz CT molecular complexity index is 733. The van der Waals surface area contributed by atoms with E-state index >= 15 is 0 Å². The molecule has 0 unspecified atom stereocenters. The molecule has 0 aliphatic heterocycles. The van der Waals surface area contributed by atoms with Crippen molar-refractivity contribution >= 4 is 28.8 Å². The van der Waals surface area contributed by atoms with Gasteiger partial charge in [-0.3, -0.25) is 20.2 Å². The Hall–Kier alpha value is -2.55. The van der Waals surface area contributed by atoms with Crippen molar-refractivity contribution < 1.29 is 23.0 Å². The minimum absolute atomic E-state index is 0.106. The highest BCUT2D eigenvalue weighted by molar-refractivity contribution is 7.99.